The van der Waals surface area contributed by atoms with Crippen molar-refractivity contribution in [3.05, 3.63) is 121 Å². The van der Waals surface area contributed by atoms with E-state index in [1.807, 2.05) is 0 Å². The van der Waals surface area contributed by atoms with Gasteiger partial charge in [-0.15, -0.1) is 0 Å². The first-order valence-corrected chi connectivity index (χ1v) is 13.9. The smallest absolute Gasteiger partial charge is 0.316 e. The van der Waals surface area contributed by atoms with E-state index in [0.29, 0.717) is 39.4 Å². The lowest BCUT2D eigenvalue weighted by Gasteiger charge is -2.42. The molecule has 1 aliphatic heterocycles. The Labute approximate surface area is 200 Å². The van der Waals surface area contributed by atoms with Gasteiger partial charge < -0.3 is 16.9 Å². The van der Waals surface area contributed by atoms with Crippen molar-refractivity contribution >= 4 is 62.1 Å². The Morgan fingerprint density at radius 3 is 0.656 bits per heavy atom. The van der Waals surface area contributed by atoms with Crippen molar-refractivity contribution in [1.29, 1.82) is 0 Å². The first-order valence-electron chi connectivity index (χ1n) is 10.3. The topological polar surface area (TPSA) is 13.0 Å². The number of nitrogens with zero attached hydrogens (tertiary/aromatic N) is 4. The highest BCUT2D eigenvalue weighted by Crippen LogP contribution is 2.23. The van der Waals surface area contributed by atoms with Crippen LogP contribution in [-0.4, -0.2) is 39.4 Å². The van der Waals surface area contributed by atoms with Crippen LogP contribution in [0.2, 0.25) is 0 Å². The van der Waals surface area contributed by atoms with Crippen molar-refractivity contribution in [2.45, 2.75) is 0 Å². The van der Waals surface area contributed by atoms with Gasteiger partial charge in [0.05, 0.1) is 0 Å². The van der Waals surface area contributed by atoms with Crippen LogP contribution in [0, 0.1) is 0 Å². The summed E-state index contributed by atoms with van der Waals surface area (Å²) in [6, 6.07) is 43.1. The maximum atomic E-state index is 2.52. The third kappa shape index (κ3) is 4.88. The third-order valence-electron chi connectivity index (χ3n) is 4.86. The Hall–Kier alpha value is -3.05. The highest BCUT2D eigenvalue weighted by atomic mass is 28.4. The number of para-hydroxylation sites is 4. The zero-order chi connectivity index (χ0) is 21.6. The Balaban J connectivity index is 1.55. The standard InChI is InChI=1S/C24H20N4Si4/c1-5-13-21(14-6-1)25-29-26(22-15-7-2-8-16-22)31-28(24-19-11-4-12-20-24)32-27(30-25)23-17-9-3-10-18-23/h1-20H. The molecule has 1 heterocycles. The molecule has 1 aliphatic rings. The van der Waals surface area contributed by atoms with Gasteiger partial charge in [-0.05, 0) is 48.5 Å². The molecule has 0 saturated carbocycles. The number of hydrogen-bond donors (Lipinski definition) is 0. The maximum Gasteiger partial charge on any atom is 0.316 e. The summed E-state index contributed by atoms with van der Waals surface area (Å²) in [6.07, 6.45) is 0. The van der Waals surface area contributed by atoms with Crippen molar-refractivity contribution in [3.63, 3.8) is 0 Å². The van der Waals surface area contributed by atoms with Crippen LogP contribution >= 0.6 is 0 Å². The first kappa shape index (κ1) is 20.8. The van der Waals surface area contributed by atoms with Crippen LogP contribution in [0.25, 0.3) is 0 Å². The molecule has 152 valence electrons. The molecule has 0 N–H and O–H groups in total. The minimum Gasteiger partial charge on any atom is -0.391 e. The summed E-state index contributed by atoms with van der Waals surface area (Å²) < 4.78 is 10.1. The lowest BCUT2D eigenvalue weighted by atomic mass is 10.3. The molecule has 4 aromatic carbocycles. The predicted molar refractivity (Wildman–Crippen MR) is 139 cm³/mol. The Kier molecular flexibility index (Phi) is 6.54. The van der Waals surface area contributed by atoms with E-state index in [1.165, 1.54) is 22.7 Å². The Morgan fingerprint density at radius 2 is 0.469 bits per heavy atom. The van der Waals surface area contributed by atoms with Crippen molar-refractivity contribution < 1.29 is 0 Å². The molecule has 4 aromatic rings. The second-order valence-electron chi connectivity index (χ2n) is 7.08. The van der Waals surface area contributed by atoms with Gasteiger partial charge in [-0.25, -0.2) is 0 Å². The quantitative estimate of drug-likeness (QED) is 0.410. The average molecular weight is 477 g/mol. The first-order chi connectivity index (χ1) is 15.9. The fourth-order valence-corrected chi connectivity index (χ4v) is 10.5. The van der Waals surface area contributed by atoms with Gasteiger partial charge in [0.25, 0.3) is 0 Å². The number of anilines is 4. The van der Waals surface area contributed by atoms with Crippen molar-refractivity contribution in [3.8, 4) is 0 Å². The van der Waals surface area contributed by atoms with E-state index < -0.39 is 0 Å². The molecule has 0 amide bonds. The molecular formula is C24H20N4Si4. The summed E-state index contributed by atoms with van der Waals surface area (Å²) >= 11 is 0. The fraction of sp³-hybridized carbons (Fsp3) is 0. The van der Waals surface area contributed by atoms with Gasteiger partial charge in [-0.3, -0.25) is 0 Å². The zero-order valence-corrected chi connectivity index (χ0v) is 21.3. The van der Waals surface area contributed by atoms with Gasteiger partial charge in [0.2, 0.25) is 0 Å². The molecule has 0 unspecified atom stereocenters. The molecule has 0 atom stereocenters. The third-order valence-corrected chi connectivity index (χ3v) is 10.9. The molecule has 5 rings (SSSR count). The molecule has 0 aromatic heterocycles. The van der Waals surface area contributed by atoms with Crippen molar-refractivity contribution in [1.82, 2.24) is 0 Å². The highest BCUT2D eigenvalue weighted by molar-refractivity contribution is 6.87. The number of rotatable bonds is 4. The summed E-state index contributed by atoms with van der Waals surface area (Å²) in [5, 5.41) is 0. The van der Waals surface area contributed by atoms with Gasteiger partial charge in [0.1, 0.15) is 0 Å². The lowest BCUT2D eigenvalue weighted by molar-refractivity contribution is 1.36. The Morgan fingerprint density at radius 1 is 0.281 bits per heavy atom. The van der Waals surface area contributed by atoms with Gasteiger partial charge in [0.15, 0.2) is 0 Å². The molecule has 0 bridgehead atoms. The van der Waals surface area contributed by atoms with Gasteiger partial charge in [0, 0.05) is 22.7 Å². The monoisotopic (exact) mass is 476 g/mol. The van der Waals surface area contributed by atoms with E-state index in [2.05, 4.69) is 138 Å². The second kappa shape index (κ2) is 10.0. The summed E-state index contributed by atoms with van der Waals surface area (Å²) in [4.78, 5) is 0. The maximum absolute atomic E-state index is 2.52. The second-order valence-corrected chi connectivity index (χ2v) is 13.3. The van der Waals surface area contributed by atoms with E-state index >= 15 is 0 Å². The average Bonchev–Trinajstić information content (AvgIpc) is 2.86. The van der Waals surface area contributed by atoms with Crippen LogP contribution in [0.15, 0.2) is 121 Å². The van der Waals surface area contributed by atoms with Crippen LogP contribution in [-0.2, 0) is 0 Å². The molecule has 8 heteroatoms. The van der Waals surface area contributed by atoms with Crippen LogP contribution in [0.5, 0.6) is 0 Å². The van der Waals surface area contributed by atoms with Crippen LogP contribution < -0.4 is 16.9 Å². The summed E-state index contributed by atoms with van der Waals surface area (Å²) in [5.74, 6) is 0. The van der Waals surface area contributed by atoms with Crippen molar-refractivity contribution in [2.75, 3.05) is 16.9 Å². The van der Waals surface area contributed by atoms with Gasteiger partial charge in [-0.1, -0.05) is 72.8 Å². The van der Waals surface area contributed by atoms with Crippen molar-refractivity contribution in [2.24, 2.45) is 0 Å². The van der Waals surface area contributed by atoms with Crippen LogP contribution in [0.3, 0.4) is 0 Å². The Bertz CT molecular complexity index is 914. The van der Waals surface area contributed by atoms with Crippen LogP contribution in [0.4, 0.5) is 22.7 Å². The molecule has 4 nitrogen and oxygen atoms in total. The molecule has 32 heavy (non-hydrogen) atoms. The predicted octanol–water partition coefficient (Wildman–Crippen LogP) is 4.16. The van der Waals surface area contributed by atoms with E-state index in [9.17, 15) is 0 Å². The van der Waals surface area contributed by atoms with E-state index in [-0.39, 0.29) is 0 Å². The molecule has 0 aliphatic carbocycles. The van der Waals surface area contributed by atoms with E-state index in [4.69, 9.17) is 0 Å². The molecule has 0 spiro atoms. The lowest BCUT2D eigenvalue weighted by Crippen LogP contribution is -2.62. The van der Waals surface area contributed by atoms with Gasteiger partial charge in [-0.2, -0.15) is 0 Å². The molecule has 1 fully saturated rings. The van der Waals surface area contributed by atoms with E-state index in [1.54, 1.807) is 0 Å². The fourth-order valence-electron chi connectivity index (χ4n) is 3.26. The molecule has 1 saturated heterocycles. The number of benzene rings is 4. The van der Waals surface area contributed by atoms with Gasteiger partial charge >= 0.3 is 39.4 Å². The summed E-state index contributed by atoms with van der Waals surface area (Å²) in [5.41, 5.74) is 5.03. The SMILES string of the molecule is c1ccc(N2[Si]N(c3ccccc3)[Si]N(c3ccccc3)[Si]N(c3ccccc3)[Si]2)cc1. The largest absolute Gasteiger partial charge is 0.391 e. The minimum atomic E-state index is 0.502. The number of hydrogen-bond acceptors (Lipinski definition) is 4. The molecular weight excluding hydrogens is 457 g/mol. The summed E-state index contributed by atoms with van der Waals surface area (Å²) in [6.45, 7) is 0. The minimum absolute atomic E-state index is 0.502. The highest BCUT2D eigenvalue weighted by Gasteiger charge is 2.30. The van der Waals surface area contributed by atoms with Crippen LogP contribution in [0.1, 0.15) is 0 Å². The van der Waals surface area contributed by atoms with E-state index in [0.717, 1.165) is 0 Å². The normalized spacial score (nSPS) is 14.8. The molecule has 8 radical (unpaired) electrons. The summed E-state index contributed by atoms with van der Waals surface area (Å²) in [7, 11) is 2.01. The zero-order valence-electron chi connectivity index (χ0n) is 17.3.